The molecule has 0 saturated heterocycles. The van der Waals surface area contributed by atoms with Crippen molar-refractivity contribution in [2.24, 2.45) is 0 Å². The molecule has 3 nitrogen and oxygen atoms in total. The van der Waals surface area contributed by atoms with E-state index in [1.165, 1.54) is 0 Å². The van der Waals surface area contributed by atoms with E-state index >= 15 is 0 Å². The van der Waals surface area contributed by atoms with Crippen LogP contribution in [0.3, 0.4) is 0 Å². The van der Waals surface area contributed by atoms with Crippen LogP contribution in [-0.4, -0.2) is 37.1 Å². The van der Waals surface area contributed by atoms with Crippen LogP contribution in [0.4, 0.5) is 0 Å². The highest BCUT2D eigenvalue weighted by Crippen LogP contribution is 2.36. The van der Waals surface area contributed by atoms with E-state index in [1.54, 1.807) is 14.2 Å². The lowest BCUT2D eigenvalue weighted by Gasteiger charge is -2.36. The molecule has 1 N–H and O–H groups in total. The van der Waals surface area contributed by atoms with Crippen molar-refractivity contribution < 1.29 is 14.6 Å². The third-order valence-electron chi connectivity index (χ3n) is 3.03. The van der Waals surface area contributed by atoms with Gasteiger partial charge in [-0.1, -0.05) is 0 Å². The number of rotatable bonds is 3. The summed E-state index contributed by atoms with van der Waals surface area (Å²) >= 11 is 0. The SMILES string of the molecule is COC(C)[C@@]1(OC)CCC[C@H]1O. The molecule has 0 bridgehead atoms. The summed E-state index contributed by atoms with van der Waals surface area (Å²) < 4.78 is 10.6. The lowest BCUT2D eigenvalue weighted by atomic mass is 9.93. The summed E-state index contributed by atoms with van der Waals surface area (Å²) in [6, 6.07) is 0. The summed E-state index contributed by atoms with van der Waals surface area (Å²) in [7, 11) is 3.29. The smallest absolute Gasteiger partial charge is 0.119 e. The van der Waals surface area contributed by atoms with E-state index in [2.05, 4.69) is 0 Å². The van der Waals surface area contributed by atoms with Gasteiger partial charge in [-0.2, -0.15) is 0 Å². The van der Waals surface area contributed by atoms with Gasteiger partial charge in [0.1, 0.15) is 5.60 Å². The summed E-state index contributed by atoms with van der Waals surface area (Å²) in [6.07, 6.45) is 2.31. The van der Waals surface area contributed by atoms with Crippen LogP contribution >= 0.6 is 0 Å². The molecular weight excluding hydrogens is 156 g/mol. The second-order valence-electron chi connectivity index (χ2n) is 3.45. The summed E-state index contributed by atoms with van der Waals surface area (Å²) in [4.78, 5) is 0. The first-order valence-corrected chi connectivity index (χ1v) is 4.43. The van der Waals surface area contributed by atoms with E-state index in [1.807, 2.05) is 6.92 Å². The number of aliphatic hydroxyl groups excluding tert-OH is 1. The molecule has 1 aliphatic rings. The Morgan fingerprint density at radius 1 is 1.50 bits per heavy atom. The molecule has 1 fully saturated rings. The van der Waals surface area contributed by atoms with Crippen molar-refractivity contribution in [2.75, 3.05) is 14.2 Å². The second kappa shape index (κ2) is 3.73. The van der Waals surface area contributed by atoms with Gasteiger partial charge in [-0.15, -0.1) is 0 Å². The topological polar surface area (TPSA) is 38.7 Å². The van der Waals surface area contributed by atoms with Gasteiger partial charge in [-0.05, 0) is 26.2 Å². The lowest BCUT2D eigenvalue weighted by Crippen LogP contribution is -2.49. The van der Waals surface area contributed by atoms with Crippen LogP contribution in [0.1, 0.15) is 26.2 Å². The molecule has 0 aliphatic heterocycles. The van der Waals surface area contributed by atoms with Gasteiger partial charge in [-0.25, -0.2) is 0 Å². The molecule has 0 radical (unpaired) electrons. The molecule has 1 aliphatic carbocycles. The van der Waals surface area contributed by atoms with Crippen molar-refractivity contribution in [3.8, 4) is 0 Å². The molecule has 0 spiro atoms. The van der Waals surface area contributed by atoms with Crippen LogP contribution in [0, 0.1) is 0 Å². The Morgan fingerprint density at radius 3 is 2.50 bits per heavy atom. The van der Waals surface area contributed by atoms with Crippen molar-refractivity contribution in [3.05, 3.63) is 0 Å². The van der Waals surface area contributed by atoms with E-state index < -0.39 is 5.60 Å². The van der Waals surface area contributed by atoms with Crippen LogP contribution in [0.25, 0.3) is 0 Å². The average Bonchev–Trinajstić information content (AvgIpc) is 2.46. The Kier molecular flexibility index (Phi) is 3.09. The maximum absolute atomic E-state index is 9.74. The van der Waals surface area contributed by atoms with E-state index in [9.17, 15) is 5.11 Å². The number of hydrogen-bond acceptors (Lipinski definition) is 3. The van der Waals surface area contributed by atoms with Crippen molar-refractivity contribution >= 4 is 0 Å². The Labute approximate surface area is 73.7 Å². The minimum absolute atomic E-state index is 0.0417. The number of methoxy groups -OCH3 is 2. The zero-order chi connectivity index (χ0) is 9.19. The first-order valence-electron chi connectivity index (χ1n) is 4.43. The average molecular weight is 174 g/mol. The molecule has 0 aromatic heterocycles. The number of aliphatic hydroxyl groups is 1. The van der Waals surface area contributed by atoms with Gasteiger partial charge in [0.15, 0.2) is 0 Å². The van der Waals surface area contributed by atoms with Gasteiger partial charge in [0.25, 0.3) is 0 Å². The molecule has 1 saturated carbocycles. The third-order valence-corrected chi connectivity index (χ3v) is 3.03. The first-order chi connectivity index (χ1) is 5.67. The maximum atomic E-state index is 9.74. The second-order valence-corrected chi connectivity index (χ2v) is 3.45. The van der Waals surface area contributed by atoms with Gasteiger partial charge in [0.05, 0.1) is 12.2 Å². The van der Waals surface area contributed by atoms with Gasteiger partial charge >= 0.3 is 0 Å². The van der Waals surface area contributed by atoms with Crippen molar-refractivity contribution in [2.45, 2.75) is 44.0 Å². The molecule has 1 rings (SSSR count). The van der Waals surface area contributed by atoms with Crippen molar-refractivity contribution in [1.82, 2.24) is 0 Å². The third kappa shape index (κ3) is 1.37. The Hall–Kier alpha value is -0.120. The Morgan fingerprint density at radius 2 is 2.17 bits per heavy atom. The predicted molar refractivity (Wildman–Crippen MR) is 46.1 cm³/mol. The van der Waals surface area contributed by atoms with Crippen LogP contribution in [0.15, 0.2) is 0 Å². The minimum atomic E-state index is -0.464. The zero-order valence-electron chi connectivity index (χ0n) is 8.04. The molecule has 3 atom stereocenters. The van der Waals surface area contributed by atoms with Gasteiger partial charge in [-0.3, -0.25) is 0 Å². The largest absolute Gasteiger partial charge is 0.390 e. The highest BCUT2D eigenvalue weighted by molar-refractivity contribution is 4.98. The number of hydrogen-bond donors (Lipinski definition) is 1. The summed E-state index contributed by atoms with van der Waals surface area (Å²) in [5, 5.41) is 9.74. The molecule has 1 unspecified atom stereocenters. The fraction of sp³-hybridized carbons (Fsp3) is 1.00. The molecule has 0 heterocycles. The number of ether oxygens (including phenoxy) is 2. The van der Waals surface area contributed by atoms with E-state index in [0.29, 0.717) is 0 Å². The molecule has 0 amide bonds. The van der Waals surface area contributed by atoms with E-state index in [0.717, 1.165) is 19.3 Å². The summed E-state index contributed by atoms with van der Waals surface area (Å²) in [6.45, 7) is 1.94. The fourth-order valence-electron chi connectivity index (χ4n) is 2.06. The molecule has 3 heteroatoms. The Bertz CT molecular complexity index is 149. The normalized spacial score (nSPS) is 38.5. The lowest BCUT2D eigenvalue weighted by molar-refractivity contribution is -0.155. The quantitative estimate of drug-likeness (QED) is 0.692. The van der Waals surface area contributed by atoms with E-state index in [-0.39, 0.29) is 12.2 Å². The molecular formula is C9H18O3. The Balaban J connectivity index is 2.73. The predicted octanol–water partition coefficient (Wildman–Crippen LogP) is 0.951. The fourth-order valence-corrected chi connectivity index (χ4v) is 2.06. The minimum Gasteiger partial charge on any atom is -0.390 e. The van der Waals surface area contributed by atoms with Crippen LogP contribution in [0.5, 0.6) is 0 Å². The summed E-state index contributed by atoms with van der Waals surface area (Å²) in [5.41, 5.74) is -0.464. The van der Waals surface area contributed by atoms with Crippen LogP contribution in [0.2, 0.25) is 0 Å². The van der Waals surface area contributed by atoms with Crippen molar-refractivity contribution in [3.63, 3.8) is 0 Å². The molecule has 0 aromatic carbocycles. The molecule has 0 aromatic rings. The van der Waals surface area contributed by atoms with Gasteiger partial charge in [0, 0.05) is 14.2 Å². The first kappa shape index (κ1) is 9.96. The maximum Gasteiger partial charge on any atom is 0.119 e. The highest BCUT2D eigenvalue weighted by Gasteiger charge is 2.47. The zero-order valence-corrected chi connectivity index (χ0v) is 8.04. The summed E-state index contributed by atoms with van der Waals surface area (Å²) in [5.74, 6) is 0. The van der Waals surface area contributed by atoms with Gasteiger partial charge < -0.3 is 14.6 Å². The molecule has 12 heavy (non-hydrogen) atoms. The standard InChI is InChI=1S/C9H18O3/c1-7(11-2)9(12-3)6-4-5-8(9)10/h7-8,10H,4-6H2,1-3H3/t7?,8-,9+/m1/s1. The van der Waals surface area contributed by atoms with E-state index in [4.69, 9.17) is 9.47 Å². The molecule has 72 valence electrons. The monoisotopic (exact) mass is 174 g/mol. The van der Waals surface area contributed by atoms with Crippen LogP contribution in [-0.2, 0) is 9.47 Å². The van der Waals surface area contributed by atoms with Gasteiger partial charge in [0.2, 0.25) is 0 Å². The van der Waals surface area contributed by atoms with Crippen molar-refractivity contribution in [1.29, 1.82) is 0 Å². The van der Waals surface area contributed by atoms with Crippen LogP contribution < -0.4 is 0 Å². The highest BCUT2D eigenvalue weighted by atomic mass is 16.5.